The van der Waals surface area contributed by atoms with Crippen LogP contribution in [0, 0.1) is 0 Å². The van der Waals surface area contributed by atoms with Crippen LogP contribution in [0.2, 0.25) is 0 Å². The number of rotatable bonds is 3. The van der Waals surface area contributed by atoms with E-state index in [0.717, 1.165) is 21.5 Å². The number of para-hydroxylation sites is 1. The van der Waals surface area contributed by atoms with Gasteiger partial charge in [0.1, 0.15) is 17.8 Å². The second kappa shape index (κ2) is 5.16. The number of hydrogen-bond donors (Lipinski definition) is 0. The summed E-state index contributed by atoms with van der Waals surface area (Å²) in [5.74, 6) is 0. The summed E-state index contributed by atoms with van der Waals surface area (Å²) in [7, 11) is 1.53. The summed E-state index contributed by atoms with van der Waals surface area (Å²) in [6, 6.07) is 10.0. The molecule has 0 radical (unpaired) electrons. The number of thiazole rings is 1. The number of oxime groups is 1. The van der Waals surface area contributed by atoms with Crippen molar-refractivity contribution in [2.75, 3.05) is 7.11 Å². The summed E-state index contributed by atoms with van der Waals surface area (Å²) in [6.45, 7) is 0. The summed E-state index contributed by atoms with van der Waals surface area (Å²) in [6.07, 6.45) is 3.54. The van der Waals surface area contributed by atoms with E-state index in [0.29, 0.717) is 5.71 Å². The second-order valence-electron chi connectivity index (χ2n) is 3.88. The van der Waals surface area contributed by atoms with E-state index in [4.69, 9.17) is 4.84 Å². The quantitative estimate of drug-likeness (QED) is 0.542. The lowest BCUT2D eigenvalue weighted by Crippen LogP contribution is -2.04. The fourth-order valence-corrected chi connectivity index (χ4v) is 2.49. The molecule has 19 heavy (non-hydrogen) atoms. The van der Waals surface area contributed by atoms with Crippen molar-refractivity contribution in [2.24, 2.45) is 5.16 Å². The van der Waals surface area contributed by atoms with Crippen LogP contribution in [0.1, 0.15) is 10.6 Å². The highest BCUT2D eigenvalue weighted by molar-refractivity contribution is 7.11. The van der Waals surface area contributed by atoms with Gasteiger partial charge in [0.2, 0.25) is 0 Å². The number of hydrogen-bond acceptors (Lipinski definition) is 5. The molecule has 0 atom stereocenters. The average molecular weight is 269 g/mol. The zero-order valence-electron chi connectivity index (χ0n) is 10.3. The van der Waals surface area contributed by atoms with Crippen LogP contribution in [-0.4, -0.2) is 22.8 Å². The zero-order chi connectivity index (χ0) is 13.1. The maximum absolute atomic E-state index is 4.92. The molecule has 0 aliphatic rings. The predicted octanol–water partition coefficient (Wildman–Crippen LogP) is 3.09. The van der Waals surface area contributed by atoms with Crippen molar-refractivity contribution in [3.63, 3.8) is 0 Å². The van der Waals surface area contributed by atoms with Gasteiger partial charge in [-0.1, -0.05) is 23.4 Å². The number of fused-ring (bicyclic) bond motifs is 1. The molecule has 2 heterocycles. The summed E-state index contributed by atoms with van der Waals surface area (Å²) in [4.78, 5) is 13.6. The Bertz CT molecular complexity index is 722. The minimum Gasteiger partial charge on any atom is -0.399 e. The van der Waals surface area contributed by atoms with Gasteiger partial charge in [-0.3, -0.25) is 4.98 Å². The second-order valence-corrected chi connectivity index (χ2v) is 4.77. The van der Waals surface area contributed by atoms with Gasteiger partial charge in [0.15, 0.2) is 0 Å². The molecular formula is C14H11N3OS. The van der Waals surface area contributed by atoms with Crippen molar-refractivity contribution in [3.05, 3.63) is 58.7 Å². The Morgan fingerprint density at radius 3 is 2.95 bits per heavy atom. The standard InChI is InChI=1S/C14H11N3OS/c1-18-17-13(14-15-6-7-19-14)11-8-10-4-2-3-5-12(10)16-9-11/h2-9H,1H3. The van der Waals surface area contributed by atoms with Gasteiger partial charge >= 0.3 is 0 Å². The largest absolute Gasteiger partial charge is 0.399 e. The van der Waals surface area contributed by atoms with Crippen molar-refractivity contribution >= 4 is 28.0 Å². The van der Waals surface area contributed by atoms with Crippen molar-refractivity contribution in [1.29, 1.82) is 0 Å². The molecule has 0 unspecified atom stereocenters. The Morgan fingerprint density at radius 1 is 1.26 bits per heavy atom. The number of pyridine rings is 1. The summed E-state index contributed by atoms with van der Waals surface area (Å²) >= 11 is 1.52. The van der Waals surface area contributed by atoms with Gasteiger partial charge in [-0.2, -0.15) is 0 Å². The maximum atomic E-state index is 4.92. The maximum Gasteiger partial charge on any atom is 0.147 e. The Balaban J connectivity index is 2.13. The molecule has 0 spiro atoms. The molecule has 1 aromatic carbocycles. The summed E-state index contributed by atoms with van der Waals surface area (Å²) in [5, 5.41) is 7.87. The van der Waals surface area contributed by atoms with Crippen LogP contribution in [-0.2, 0) is 4.84 Å². The number of benzene rings is 1. The normalized spacial score (nSPS) is 11.7. The molecule has 0 N–H and O–H groups in total. The molecular weight excluding hydrogens is 258 g/mol. The van der Waals surface area contributed by atoms with Crippen molar-refractivity contribution in [3.8, 4) is 0 Å². The molecule has 4 nitrogen and oxygen atoms in total. The van der Waals surface area contributed by atoms with Gasteiger partial charge in [0, 0.05) is 28.7 Å². The third kappa shape index (κ3) is 2.32. The van der Waals surface area contributed by atoms with Crippen LogP contribution < -0.4 is 0 Å². The van der Waals surface area contributed by atoms with Crippen molar-refractivity contribution < 1.29 is 4.84 Å². The molecule has 94 valence electrons. The molecule has 0 bridgehead atoms. The van der Waals surface area contributed by atoms with Crippen LogP contribution in [0.4, 0.5) is 0 Å². The van der Waals surface area contributed by atoms with Crippen LogP contribution in [0.5, 0.6) is 0 Å². The first-order valence-corrected chi connectivity index (χ1v) is 6.62. The molecule has 0 fully saturated rings. The van der Waals surface area contributed by atoms with Gasteiger partial charge in [0.25, 0.3) is 0 Å². The monoisotopic (exact) mass is 269 g/mol. The van der Waals surface area contributed by atoms with Crippen molar-refractivity contribution in [2.45, 2.75) is 0 Å². The van der Waals surface area contributed by atoms with Gasteiger partial charge in [-0.05, 0) is 12.1 Å². The minimum absolute atomic E-state index is 0.704. The molecule has 0 saturated heterocycles. The van der Waals surface area contributed by atoms with Crippen LogP contribution in [0.15, 0.2) is 53.3 Å². The van der Waals surface area contributed by atoms with Crippen LogP contribution >= 0.6 is 11.3 Å². The number of nitrogens with zero attached hydrogens (tertiary/aromatic N) is 3. The lowest BCUT2D eigenvalue weighted by molar-refractivity contribution is 0.214. The fourth-order valence-electron chi connectivity index (χ4n) is 1.85. The van der Waals surface area contributed by atoms with Crippen LogP contribution in [0.3, 0.4) is 0 Å². The lowest BCUT2D eigenvalue weighted by Gasteiger charge is -2.04. The molecule has 0 aliphatic carbocycles. The average Bonchev–Trinajstić information content (AvgIpc) is 2.98. The Kier molecular flexibility index (Phi) is 3.20. The Labute approximate surface area is 114 Å². The topological polar surface area (TPSA) is 47.4 Å². The van der Waals surface area contributed by atoms with Gasteiger partial charge in [-0.25, -0.2) is 4.98 Å². The molecule has 0 saturated carbocycles. The molecule has 3 aromatic rings. The smallest absolute Gasteiger partial charge is 0.147 e. The van der Waals surface area contributed by atoms with Gasteiger partial charge in [-0.15, -0.1) is 11.3 Å². The van der Waals surface area contributed by atoms with E-state index < -0.39 is 0 Å². The fraction of sp³-hybridized carbons (Fsp3) is 0.0714. The SMILES string of the molecule is CON=C(c1cnc2ccccc2c1)c1nccs1. The summed E-state index contributed by atoms with van der Waals surface area (Å²) < 4.78 is 0. The number of aromatic nitrogens is 2. The van der Waals surface area contributed by atoms with E-state index in [2.05, 4.69) is 15.1 Å². The van der Waals surface area contributed by atoms with Gasteiger partial charge in [0.05, 0.1) is 5.52 Å². The zero-order valence-corrected chi connectivity index (χ0v) is 11.1. The lowest BCUT2D eigenvalue weighted by atomic mass is 10.1. The van der Waals surface area contributed by atoms with Crippen molar-refractivity contribution in [1.82, 2.24) is 9.97 Å². The third-order valence-electron chi connectivity index (χ3n) is 2.68. The van der Waals surface area contributed by atoms with E-state index in [1.807, 2.05) is 35.7 Å². The highest BCUT2D eigenvalue weighted by Crippen LogP contribution is 2.17. The highest BCUT2D eigenvalue weighted by atomic mass is 32.1. The third-order valence-corrected chi connectivity index (χ3v) is 3.46. The van der Waals surface area contributed by atoms with E-state index in [-0.39, 0.29) is 0 Å². The molecule has 3 rings (SSSR count). The van der Waals surface area contributed by atoms with E-state index >= 15 is 0 Å². The first kappa shape index (κ1) is 11.8. The molecule has 5 heteroatoms. The molecule has 0 amide bonds. The Hall–Kier alpha value is -2.27. The summed E-state index contributed by atoms with van der Waals surface area (Å²) in [5.41, 5.74) is 2.56. The minimum atomic E-state index is 0.704. The van der Waals surface area contributed by atoms with Crippen LogP contribution in [0.25, 0.3) is 10.9 Å². The van der Waals surface area contributed by atoms with Gasteiger partial charge < -0.3 is 4.84 Å². The first-order chi connectivity index (χ1) is 9.38. The molecule has 2 aromatic heterocycles. The predicted molar refractivity (Wildman–Crippen MR) is 76.5 cm³/mol. The Morgan fingerprint density at radius 2 is 2.16 bits per heavy atom. The van der Waals surface area contributed by atoms with E-state index in [1.165, 1.54) is 18.4 Å². The molecule has 0 aliphatic heterocycles. The highest BCUT2D eigenvalue weighted by Gasteiger charge is 2.11. The first-order valence-electron chi connectivity index (χ1n) is 5.74. The van der Waals surface area contributed by atoms with E-state index in [1.54, 1.807) is 12.4 Å². The van der Waals surface area contributed by atoms with E-state index in [9.17, 15) is 0 Å².